The highest BCUT2D eigenvalue weighted by Gasteiger charge is 2.48. The molecule has 3 aliphatic rings. The van der Waals surface area contributed by atoms with Crippen LogP contribution in [0.5, 0.6) is 0 Å². The van der Waals surface area contributed by atoms with Crippen molar-refractivity contribution >= 4 is 0 Å². The fourth-order valence-corrected chi connectivity index (χ4v) is 5.41. The lowest BCUT2D eigenvalue weighted by Gasteiger charge is -2.42. The summed E-state index contributed by atoms with van der Waals surface area (Å²) in [7, 11) is 0. The summed E-state index contributed by atoms with van der Waals surface area (Å²) >= 11 is 0. The Balaban J connectivity index is 1.79. The molecule has 0 aromatic heterocycles. The third-order valence-corrected chi connectivity index (χ3v) is 6.88. The molecule has 2 N–H and O–H groups in total. The fraction of sp³-hybridized carbons (Fsp3) is 0.714. The van der Waals surface area contributed by atoms with Crippen molar-refractivity contribution in [2.45, 2.75) is 70.8 Å². The minimum Gasteiger partial charge on any atom is -0.396 e. The molecule has 3 fully saturated rings. The van der Waals surface area contributed by atoms with Gasteiger partial charge in [0, 0.05) is 6.61 Å². The van der Waals surface area contributed by atoms with Crippen LogP contribution in [0.4, 0.5) is 0 Å². The van der Waals surface area contributed by atoms with E-state index in [2.05, 4.69) is 25.7 Å². The molecule has 3 aliphatic carbocycles. The molecule has 23 heavy (non-hydrogen) atoms. The van der Waals surface area contributed by atoms with E-state index in [1.807, 2.05) is 0 Å². The van der Waals surface area contributed by atoms with Crippen LogP contribution in [0.25, 0.3) is 0 Å². The smallest absolute Gasteiger partial charge is 0.0787 e. The predicted molar refractivity (Wildman–Crippen MR) is 95.0 cm³/mol. The molecule has 0 heterocycles. The van der Waals surface area contributed by atoms with Crippen LogP contribution in [0, 0.1) is 17.3 Å². The summed E-state index contributed by atoms with van der Waals surface area (Å²) < 4.78 is 0. The summed E-state index contributed by atoms with van der Waals surface area (Å²) in [6.45, 7) is 6.86. The molecule has 2 heteroatoms. The van der Waals surface area contributed by atoms with Crippen LogP contribution in [0.2, 0.25) is 0 Å². The molecule has 128 valence electrons. The molecule has 0 saturated heterocycles. The summed E-state index contributed by atoms with van der Waals surface area (Å²) in [6.07, 6.45) is 14.5. The zero-order valence-electron chi connectivity index (χ0n) is 14.6. The van der Waals surface area contributed by atoms with E-state index in [4.69, 9.17) is 0 Å². The summed E-state index contributed by atoms with van der Waals surface area (Å²) in [5, 5.41) is 19.4. The van der Waals surface area contributed by atoms with E-state index in [0.717, 1.165) is 31.3 Å². The van der Waals surface area contributed by atoms with Crippen LogP contribution >= 0.6 is 0 Å². The number of aliphatic hydroxyl groups excluding tert-OH is 2. The number of rotatable bonds is 3. The van der Waals surface area contributed by atoms with E-state index in [9.17, 15) is 10.2 Å². The van der Waals surface area contributed by atoms with Crippen LogP contribution in [0.15, 0.2) is 35.5 Å². The molecular formula is C21H32O2. The fourth-order valence-electron chi connectivity index (χ4n) is 5.41. The van der Waals surface area contributed by atoms with Crippen molar-refractivity contribution in [1.29, 1.82) is 0 Å². The summed E-state index contributed by atoms with van der Waals surface area (Å²) in [5.41, 5.74) is 4.15. The Morgan fingerprint density at radius 2 is 2.00 bits per heavy atom. The van der Waals surface area contributed by atoms with E-state index in [0.29, 0.717) is 23.9 Å². The first-order valence-corrected chi connectivity index (χ1v) is 9.44. The maximum Gasteiger partial charge on any atom is 0.0787 e. The monoisotopic (exact) mass is 316 g/mol. The molecule has 4 unspecified atom stereocenters. The molecule has 2 nitrogen and oxygen atoms in total. The first-order valence-electron chi connectivity index (χ1n) is 9.44. The standard InChI is InChI=1S/C21H32O2/c1-15-16(5-3-7-20(15)23)8-9-17-6-4-13-21(2)18(12-14-22)10-11-19(17)21/h8-9,18-20,22-23H,1,3-7,10-14H2,2H3/b16-8-,17-9+. The van der Waals surface area contributed by atoms with Gasteiger partial charge in [-0.1, -0.05) is 31.2 Å². The molecule has 0 aromatic carbocycles. The van der Waals surface area contributed by atoms with Gasteiger partial charge in [-0.2, -0.15) is 0 Å². The second-order valence-electron chi connectivity index (χ2n) is 8.07. The zero-order chi connectivity index (χ0) is 16.4. The van der Waals surface area contributed by atoms with Gasteiger partial charge in [0.2, 0.25) is 0 Å². The van der Waals surface area contributed by atoms with Crippen molar-refractivity contribution in [2.75, 3.05) is 6.61 Å². The van der Waals surface area contributed by atoms with Gasteiger partial charge in [0.25, 0.3) is 0 Å². The lowest BCUT2D eigenvalue weighted by Crippen LogP contribution is -2.33. The normalized spacial score (nSPS) is 41.5. The molecule has 3 rings (SSSR count). The zero-order valence-corrected chi connectivity index (χ0v) is 14.6. The molecular weight excluding hydrogens is 284 g/mol. The van der Waals surface area contributed by atoms with Crippen LogP contribution in [0.3, 0.4) is 0 Å². The third kappa shape index (κ3) is 3.21. The van der Waals surface area contributed by atoms with E-state index in [-0.39, 0.29) is 6.10 Å². The minimum absolute atomic E-state index is 0.327. The average molecular weight is 316 g/mol. The highest BCUT2D eigenvalue weighted by Crippen LogP contribution is 2.58. The van der Waals surface area contributed by atoms with E-state index in [1.165, 1.54) is 37.7 Å². The third-order valence-electron chi connectivity index (χ3n) is 6.88. The Hall–Kier alpha value is -0.860. The number of allylic oxidation sites excluding steroid dienone is 3. The van der Waals surface area contributed by atoms with Gasteiger partial charge in [0.05, 0.1) is 6.10 Å². The van der Waals surface area contributed by atoms with Gasteiger partial charge in [-0.05, 0) is 86.2 Å². The van der Waals surface area contributed by atoms with Crippen molar-refractivity contribution in [3.05, 3.63) is 35.5 Å². The lowest BCUT2D eigenvalue weighted by atomic mass is 9.63. The predicted octanol–water partition coefficient (Wildman–Crippen LogP) is 4.54. The van der Waals surface area contributed by atoms with Crippen molar-refractivity contribution in [3.8, 4) is 0 Å². The quantitative estimate of drug-likeness (QED) is 0.802. The number of aliphatic hydroxyl groups is 2. The molecule has 0 spiro atoms. The SMILES string of the molecule is C=C1/C(=C\C=C2/CCCC3(C)C(CCO)CCC23)CCCC1O. The maximum absolute atomic E-state index is 9.99. The first-order chi connectivity index (χ1) is 11.1. The van der Waals surface area contributed by atoms with Gasteiger partial charge in [-0.3, -0.25) is 0 Å². The van der Waals surface area contributed by atoms with Crippen LogP contribution in [-0.2, 0) is 0 Å². The van der Waals surface area contributed by atoms with Crippen LogP contribution < -0.4 is 0 Å². The summed E-state index contributed by atoms with van der Waals surface area (Å²) in [4.78, 5) is 0. The lowest BCUT2D eigenvalue weighted by molar-refractivity contribution is 0.111. The first kappa shape index (κ1) is 17.0. The summed E-state index contributed by atoms with van der Waals surface area (Å²) in [5.74, 6) is 1.37. The number of hydrogen-bond donors (Lipinski definition) is 2. The van der Waals surface area contributed by atoms with E-state index >= 15 is 0 Å². The van der Waals surface area contributed by atoms with Crippen molar-refractivity contribution in [3.63, 3.8) is 0 Å². The van der Waals surface area contributed by atoms with Crippen LogP contribution in [-0.4, -0.2) is 22.9 Å². The second kappa shape index (κ2) is 6.94. The molecule has 0 aliphatic heterocycles. The number of hydrogen-bond acceptors (Lipinski definition) is 2. The molecule has 0 amide bonds. The van der Waals surface area contributed by atoms with Gasteiger partial charge in [0.1, 0.15) is 0 Å². The molecule has 0 aromatic rings. The minimum atomic E-state index is -0.342. The van der Waals surface area contributed by atoms with Gasteiger partial charge in [-0.25, -0.2) is 0 Å². The highest BCUT2D eigenvalue weighted by atomic mass is 16.3. The Labute approximate surface area is 141 Å². The number of fused-ring (bicyclic) bond motifs is 1. The summed E-state index contributed by atoms with van der Waals surface area (Å²) in [6, 6.07) is 0. The Kier molecular flexibility index (Phi) is 5.13. The van der Waals surface area contributed by atoms with Crippen LogP contribution in [0.1, 0.15) is 64.7 Å². The molecule has 3 saturated carbocycles. The molecule has 4 atom stereocenters. The van der Waals surface area contributed by atoms with E-state index < -0.39 is 0 Å². The highest BCUT2D eigenvalue weighted by molar-refractivity contribution is 5.37. The Bertz CT molecular complexity index is 516. The van der Waals surface area contributed by atoms with Gasteiger partial charge >= 0.3 is 0 Å². The van der Waals surface area contributed by atoms with Gasteiger partial charge in [0.15, 0.2) is 0 Å². The van der Waals surface area contributed by atoms with Crippen molar-refractivity contribution in [1.82, 2.24) is 0 Å². The molecule has 0 bridgehead atoms. The average Bonchev–Trinajstić information content (AvgIpc) is 2.86. The second-order valence-corrected chi connectivity index (χ2v) is 8.07. The van der Waals surface area contributed by atoms with Crippen molar-refractivity contribution < 1.29 is 10.2 Å². The molecule has 0 radical (unpaired) electrons. The Morgan fingerprint density at radius 3 is 2.78 bits per heavy atom. The topological polar surface area (TPSA) is 40.5 Å². The van der Waals surface area contributed by atoms with Crippen molar-refractivity contribution in [2.24, 2.45) is 17.3 Å². The largest absolute Gasteiger partial charge is 0.396 e. The van der Waals surface area contributed by atoms with E-state index in [1.54, 1.807) is 5.57 Å². The van der Waals surface area contributed by atoms with Gasteiger partial charge in [-0.15, -0.1) is 0 Å². The van der Waals surface area contributed by atoms with Gasteiger partial charge < -0.3 is 10.2 Å². The Morgan fingerprint density at radius 1 is 1.17 bits per heavy atom. The maximum atomic E-state index is 9.99.